The molecule has 0 aliphatic carbocycles. The summed E-state index contributed by atoms with van der Waals surface area (Å²) in [6.07, 6.45) is 13.2. The second-order valence-electron chi connectivity index (χ2n) is 6.37. The van der Waals surface area contributed by atoms with Crippen LogP contribution in [-0.2, 0) is 5.60 Å². The van der Waals surface area contributed by atoms with Crippen molar-refractivity contribution in [2.75, 3.05) is 0 Å². The summed E-state index contributed by atoms with van der Waals surface area (Å²) in [5.41, 5.74) is 0.491. The Labute approximate surface area is 131 Å². The normalized spacial score (nSPS) is 14.0. The first kappa shape index (κ1) is 18.2. The van der Waals surface area contributed by atoms with E-state index in [9.17, 15) is 5.11 Å². The number of aliphatic hydroxyl groups is 1. The van der Waals surface area contributed by atoms with E-state index in [0.29, 0.717) is 0 Å². The Hall–Kier alpha value is -0.820. The lowest BCUT2D eigenvalue weighted by Crippen LogP contribution is -2.25. The summed E-state index contributed by atoms with van der Waals surface area (Å²) >= 11 is 0. The van der Waals surface area contributed by atoms with Crippen LogP contribution in [0.2, 0.25) is 0 Å². The summed E-state index contributed by atoms with van der Waals surface area (Å²) in [4.78, 5) is 0. The van der Waals surface area contributed by atoms with Crippen LogP contribution in [-0.4, -0.2) is 5.11 Å². The highest BCUT2D eigenvalue weighted by molar-refractivity contribution is 5.22. The van der Waals surface area contributed by atoms with Crippen LogP contribution in [0.15, 0.2) is 30.3 Å². The van der Waals surface area contributed by atoms with Crippen LogP contribution in [0.3, 0.4) is 0 Å². The van der Waals surface area contributed by atoms with Crippen molar-refractivity contribution in [3.8, 4) is 0 Å². The third kappa shape index (κ3) is 7.13. The van der Waals surface area contributed by atoms with E-state index in [1.54, 1.807) is 0 Å². The number of hydrogen-bond donors (Lipinski definition) is 1. The van der Waals surface area contributed by atoms with E-state index in [-0.39, 0.29) is 0 Å². The van der Waals surface area contributed by atoms with Gasteiger partial charge in [0.05, 0.1) is 5.60 Å². The third-order valence-electron chi connectivity index (χ3n) is 4.45. The summed E-state index contributed by atoms with van der Waals surface area (Å²) in [5.74, 6) is 0. The molecule has 0 aliphatic heterocycles. The molecule has 0 saturated heterocycles. The SMILES string of the molecule is CCCCCCCCCC(O)(CCCC)c1ccccc1. The van der Waals surface area contributed by atoms with Gasteiger partial charge < -0.3 is 5.11 Å². The van der Waals surface area contributed by atoms with Crippen molar-refractivity contribution in [3.63, 3.8) is 0 Å². The molecule has 0 heterocycles. The van der Waals surface area contributed by atoms with E-state index < -0.39 is 5.60 Å². The second kappa shape index (κ2) is 10.8. The topological polar surface area (TPSA) is 20.2 Å². The molecule has 1 atom stereocenters. The van der Waals surface area contributed by atoms with Gasteiger partial charge >= 0.3 is 0 Å². The number of benzene rings is 1. The highest BCUT2D eigenvalue weighted by Gasteiger charge is 2.27. The molecule has 0 fully saturated rings. The van der Waals surface area contributed by atoms with E-state index in [4.69, 9.17) is 0 Å². The molecule has 120 valence electrons. The maximum Gasteiger partial charge on any atom is 0.0896 e. The molecule has 1 aromatic carbocycles. The van der Waals surface area contributed by atoms with Gasteiger partial charge in [-0.2, -0.15) is 0 Å². The van der Waals surface area contributed by atoms with Gasteiger partial charge in [0.25, 0.3) is 0 Å². The highest BCUT2D eigenvalue weighted by atomic mass is 16.3. The largest absolute Gasteiger partial charge is 0.385 e. The Morgan fingerprint density at radius 1 is 0.714 bits per heavy atom. The van der Waals surface area contributed by atoms with Crippen LogP contribution < -0.4 is 0 Å². The molecule has 1 N–H and O–H groups in total. The minimum atomic E-state index is -0.610. The fourth-order valence-electron chi connectivity index (χ4n) is 3.01. The zero-order chi connectivity index (χ0) is 15.4. The maximum absolute atomic E-state index is 11.1. The summed E-state index contributed by atoms with van der Waals surface area (Å²) in [6.45, 7) is 4.45. The molecule has 0 amide bonds. The molecule has 1 unspecified atom stereocenters. The fraction of sp³-hybridized carbons (Fsp3) is 0.700. The molecule has 1 rings (SSSR count). The van der Waals surface area contributed by atoms with E-state index in [1.807, 2.05) is 18.2 Å². The van der Waals surface area contributed by atoms with Crippen LogP contribution in [0.5, 0.6) is 0 Å². The lowest BCUT2D eigenvalue weighted by Gasteiger charge is -2.29. The Bertz CT molecular complexity index is 346. The van der Waals surface area contributed by atoms with Crippen molar-refractivity contribution in [3.05, 3.63) is 35.9 Å². The zero-order valence-electron chi connectivity index (χ0n) is 14.1. The van der Waals surface area contributed by atoms with E-state index >= 15 is 0 Å². The van der Waals surface area contributed by atoms with Crippen LogP contribution in [0.1, 0.15) is 90.0 Å². The lowest BCUT2D eigenvalue weighted by atomic mass is 9.84. The predicted molar refractivity (Wildman–Crippen MR) is 92.5 cm³/mol. The van der Waals surface area contributed by atoms with Crippen molar-refractivity contribution >= 4 is 0 Å². The lowest BCUT2D eigenvalue weighted by molar-refractivity contribution is 0.0137. The zero-order valence-corrected chi connectivity index (χ0v) is 14.1. The van der Waals surface area contributed by atoms with Gasteiger partial charge in [-0.15, -0.1) is 0 Å². The summed E-state index contributed by atoms with van der Waals surface area (Å²) < 4.78 is 0. The van der Waals surface area contributed by atoms with Crippen molar-refractivity contribution in [1.29, 1.82) is 0 Å². The van der Waals surface area contributed by atoms with Gasteiger partial charge in [0.2, 0.25) is 0 Å². The number of hydrogen-bond acceptors (Lipinski definition) is 1. The van der Waals surface area contributed by atoms with Crippen molar-refractivity contribution in [1.82, 2.24) is 0 Å². The van der Waals surface area contributed by atoms with Gasteiger partial charge in [-0.3, -0.25) is 0 Å². The van der Waals surface area contributed by atoms with Gasteiger partial charge in [-0.25, -0.2) is 0 Å². The predicted octanol–water partition coefficient (Wildman–Crippen LogP) is 6.21. The van der Waals surface area contributed by atoms with Crippen LogP contribution >= 0.6 is 0 Å². The smallest absolute Gasteiger partial charge is 0.0896 e. The summed E-state index contributed by atoms with van der Waals surface area (Å²) in [7, 11) is 0. The minimum Gasteiger partial charge on any atom is -0.385 e. The Morgan fingerprint density at radius 3 is 1.86 bits per heavy atom. The summed E-state index contributed by atoms with van der Waals surface area (Å²) in [6, 6.07) is 10.3. The third-order valence-corrected chi connectivity index (χ3v) is 4.45. The fourth-order valence-corrected chi connectivity index (χ4v) is 3.01. The summed E-state index contributed by atoms with van der Waals surface area (Å²) in [5, 5.41) is 11.1. The maximum atomic E-state index is 11.1. The quantitative estimate of drug-likeness (QED) is 0.454. The van der Waals surface area contributed by atoms with Gasteiger partial charge in [0.15, 0.2) is 0 Å². The number of rotatable bonds is 12. The number of unbranched alkanes of at least 4 members (excludes halogenated alkanes) is 7. The molecule has 0 spiro atoms. The van der Waals surface area contributed by atoms with Crippen molar-refractivity contribution in [2.45, 2.75) is 90.1 Å². The molecule has 0 aliphatic rings. The first-order valence-electron chi connectivity index (χ1n) is 9.01. The first-order valence-corrected chi connectivity index (χ1v) is 9.01. The first-order chi connectivity index (χ1) is 10.2. The van der Waals surface area contributed by atoms with Crippen molar-refractivity contribution in [2.24, 2.45) is 0 Å². The van der Waals surface area contributed by atoms with E-state index in [2.05, 4.69) is 26.0 Å². The highest BCUT2D eigenvalue weighted by Crippen LogP contribution is 2.32. The van der Waals surface area contributed by atoms with Gasteiger partial charge in [0, 0.05) is 0 Å². The molecular formula is C20H34O. The Kier molecular flexibility index (Phi) is 9.41. The molecule has 21 heavy (non-hydrogen) atoms. The molecule has 0 bridgehead atoms. The monoisotopic (exact) mass is 290 g/mol. The van der Waals surface area contributed by atoms with Crippen molar-refractivity contribution < 1.29 is 5.11 Å². The molecule has 0 radical (unpaired) electrons. The van der Waals surface area contributed by atoms with Crippen LogP contribution in [0.4, 0.5) is 0 Å². The van der Waals surface area contributed by atoms with Gasteiger partial charge in [-0.1, -0.05) is 102 Å². The molecular weight excluding hydrogens is 256 g/mol. The Balaban J connectivity index is 2.40. The van der Waals surface area contributed by atoms with Crippen LogP contribution in [0, 0.1) is 0 Å². The van der Waals surface area contributed by atoms with E-state index in [0.717, 1.165) is 37.7 Å². The molecule has 0 aromatic heterocycles. The van der Waals surface area contributed by atoms with Gasteiger partial charge in [0.1, 0.15) is 0 Å². The second-order valence-corrected chi connectivity index (χ2v) is 6.37. The van der Waals surface area contributed by atoms with E-state index in [1.165, 1.54) is 38.5 Å². The van der Waals surface area contributed by atoms with Crippen LogP contribution in [0.25, 0.3) is 0 Å². The Morgan fingerprint density at radius 2 is 1.24 bits per heavy atom. The molecule has 1 nitrogen and oxygen atoms in total. The standard InChI is InChI=1S/C20H34O/c1-3-5-7-8-9-10-14-18-20(21,17-6-4-2)19-15-12-11-13-16-19/h11-13,15-16,21H,3-10,14,17-18H2,1-2H3. The molecule has 1 aromatic rings. The average Bonchev–Trinajstić information content (AvgIpc) is 2.53. The molecule has 0 saturated carbocycles. The average molecular weight is 290 g/mol. The van der Waals surface area contributed by atoms with Gasteiger partial charge in [-0.05, 0) is 18.4 Å². The molecule has 1 heteroatoms. The minimum absolute atomic E-state index is 0.610.